The third kappa shape index (κ3) is 4.67. The molecule has 32 heavy (non-hydrogen) atoms. The van der Waals surface area contributed by atoms with E-state index < -0.39 is 0 Å². The summed E-state index contributed by atoms with van der Waals surface area (Å²) in [5, 5.41) is 11.0. The van der Waals surface area contributed by atoms with Crippen molar-refractivity contribution in [3.8, 4) is 0 Å². The fourth-order valence-electron chi connectivity index (χ4n) is 3.47. The molecule has 0 unspecified atom stereocenters. The number of H-pyrrole nitrogens is 1. The van der Waals surface area contributed by atoms with Gasteiger partial charge in [-0.25, -0.2) is 14.3 Å². The molecule has 9 heteroatoms. The summed E-state index contributed by atoms with van der Waals surface area (Å²) in [4.78, 5) is 40.9. The highest BCUT2D eigenvalue weighted by Gasteiger charge is 2.14. The molecule has 4 aromatic rings. The molecule has 162 valence electrons. The van der Waals surface area contributed by atoms with Crippen LogP contribution in [0.4, 0.5) is 21.9 Å². The highest BCUT2D eigenvalue weighted by Crippen LogP contribution is 2.18. The number of amides is 3. The third-order valence-electron chi connectivity index (χ3n) is 4.98. The van der Waals surface area contributed by atoms with Gasteiger partial charge in [-0.3, -0.25) is 14.7 Å². The molecule has 2 aromatic heterocycles. The Labute approximate surface area is 183 Å². The summed E-state index contributed by atoms with van der Waals surface area (Å²) in [6, 6.07) is 17.0. The number of aryl methyl sites for hydroxylation is 2. The van der Waals surface area contributed by atoms with E-state index in [-0.39, 0.29) is 23.9 Å². The highest BCUT2D eigenvalue weighted by atomic mass is 16.2. The number of aromatic amines is 1. The van der Waals surface area contributed by atoms with Crippen molar-refractivity contribution in [2.75, 3.05) is 16.0 Å². The first kappa shape index (κ1) is 20.9. The van der Waals surface area contributed by atoms with E-state index in [4.69, 9.17) is 0 Å². The first-order chi connectivity index (χ1) is 15.4. The zero-order valence-corrected chi connectivity index (χ0v) is 17.6. The van der Waals surface area contributed by atoms with Crippen molar-refractivity contribution in [3.63, 3.8) is 0 Å². The summed E-state index contributed by atoms with van der Waals surface area (Å²) in [6.07, 6.45) is 0.0902. The number of rotatable bonds is 5. The number of hydrogen-bond donors (Lipinski definition) is 4. The Balaban J connectivity index is 1.43. The van der Waals surface area contributed by atoms with Crippen LogP contribution in [-0.4, -0.2) is 26.5 Å². The predicted octanol–water partition coefficient (Wildman–Crippen LogP) is 3.46. The molecule has 0 fully saturated rings. The smallest absolute Gasteiger partial charge is 0.323 e. The van der Waals surface area contributed by atoms with Crippen LogP contribution in [0.25, 0.3) is 5.65 Å². The number of carbonyl (C=O) groups is 2. The molecule has 3 amide bonds. The van der Waals surface area contributed by atoms with E-state index in [1.807, 2.05) is 32.0 Å². The van der Waals surface area contributed by atoms with Gasteiger partial charge < -0.3 is 16.0 Å². The molecule has 4 rings (SSSR count). The quantitative estimate of drug-likeness (QED) is 0.387. The van der Waals surface area contributed by atoms with Gasteiger partial charge in [0.05, 0.1) is 6.42 Å². The number of fused-ring (bicyclic) bond motifs is 1. The summed E-state index contributed by atoms with van der Waals surface area (Å²) in [5.74, 6) is -0.238. The van der Waals surface area contributed by atoms with E-state index in [0.29, 0.717) is 28.4 Å². The molecule has 4 N–H and O–H groups in total. The lowest BCUT2D eigenvalue weighted by molar-refractivity contribution is -0.115. The molecule has 0 saturated heterocycles. The second-order valence-electron chi connectivity index (χ2n) is 7.33. The van der Waals surface area contributed by atoms with Crippen LogP contribution in [-0.2, 0) is 11.2 Å². The van der Waals surface area contributed by atoms with Gasteiger partial charge in [0.2, 0.25) is 5.91 Å². The van der Waals surface area contributed by atoms with Crippen LogP contribution in [0.15, 0.2) is 65.5 Å². The van der Waals surface area contributed by atoms with Gasteiger partial charge in [0.1, 0.15) is 0 Å². The lowest BCUT2D eigenvalue weighted by Crippen LogP contribution is -2.20. The van der Waals surface area contributed by atoms with Gasteiger partial charge in [0.15, 0.2) is 5.65 Å². The maximum atomic E-state index is 12.7. The lowest BCUT2D eigenvalue weighted by Gasteiger charge is -2.12. The number of benzene rings is 2. The van der Waals surface area contributed by atoms with Crippen LogP contribution >= 0.6 is 0 Å². The molecule has 0 aliphatic carbocycles. The summed E-state index contributed by atoms with van der Waals surface area (Å²) >= 11 is 0. The fourth-order valence-corrected chi connectivity index (χ4v) is 3.47. The molecule has 0 aliphatic rings. The maximum Gasteiger partial charge on any atom is 0.323 e. The minimum absolute atomic E-state index is 0.0902. The molecule has 9 nitrogen and oxygen atoms in total. The number of nitrogens with zero attached hydrogens (tertiary/aromatic N) is 2. The van der Waals surface area contributed by atoms with Crippen LogP contribution in [0.5, 0.6) is 0 Å². The van der Waals surface area contributed by atoms with Crippen molar-refractivity contribution >= 4 is 34.6 Å². The van der Waals surface area contributed by atoms with Crippen LogP contribution < -0.4 is 21.5 Å². The number of carbonyl (C=O) groups excluding carboxylic acids is 2. The Bertz CT molecular complexity index is 1360. The van der Waals surface area contributed by atoms with Crippen LogP contribution in [0.3, 0.4) is 0 Å². The summed E-state index contributed by atoms with van der Waals surface area (Å²) < 4.78 is 1.58. The first-order valence-corrected chi connectivity index (χ1v) is 10.00. The number of para-hydroxylation sites is 1. The summed E-state index contributed by atoms with van der Waals surface area (Å²) in [7, 11) is 0. The number of aromatic nitrogens is 3. The molecular formula is C23H22N6O3. The molecule has 0 radical (unpaired) electrons. The maximum absolute atomic E-state index is 12.7. The molecule has 0 saturated carbocycles. The van der Waals surface area contributed by atoms with Gasteiger partial charge in [-0.15, -0.1) is 0 Å². The minimum atomic E-state index is -0.383. The van der Waals surface area contributed by atoms with Crippen LogP contribution in [0.1, 0.15) is 17.0 Å². The van der Waals surface area contributed by atoms with Crippen molar-refractivity contribution in [1.82, 2.24) is 14.6 Å². The molecule has 2 aromatic carbocycles. The Kier molecular flexibility index (Phi) is 5.71. The Hall–Kier alpha value is -4.40. The second-order valence-corrected chi connectivity index (χ2v) is 7.33. The van der Waals surface area contributed by atoms with Crippen molar-refractivity contribution in [1.29, 1.82) is 0 Å². The Morgan fingerprint density at radius 1 is 0.906 bits per heavy atom. The molecule has 0 atom stereocenters. The van der Waals surface area contributed by atoms with E-state index in [0.717, 1.165) is 11.3 Å². The van der Waals surface area contributed by atoms with Crippen molar-refractivity contribution in [2.45, 2.75) is 20.3 Å². The zero-order chi connectivity index (χ0) is 22.7. The van der Waals surface area contributed by atoms with E-state index in [9.17, 15) is 14.4 Å². The van der Waals surface area contributed by atoms with Gasteiger partial charge in [-0.05, 0) is 44.2 Å². The van der Waals surface area contributed by atoms with Gasteiger partial charge in [-0.2, -0.15) is 0 Å². The van der Waals surface area contributed by atoms with E-state index in [1.54, 1.807) is 40.9 Å². The van der Waals surface area contributed by atoms with Crippen molar-refractivity contribution < 1.29 is 9.59 Å². The lowest BCUT2D eigenvalue weighted by atomic mass is 10.1. The van der Waals surface area contributed by atoms with Gasteiger partial charge in [-0.1, -0.05) is 24.3 Å². The van der Waals surface area contributed by atoms with Crippen molar-refractivity contribution in [2.24, 2.45) is 0 Å². The summed E-state index contributed by atoms with van der Waals surface area (Å²) in [6.45, 7) is 3.64. The minimum Gasteiger partial charge on any atom is -0.326 e. The molecule has 0 aliphatic heterocycles. The van der Waals surface area contributed by atoms with Crippen LogP contribution in [0, 0.1) is 13.8 Å². The molecule has 2 heterocycles. The van der Waals surface area contributed by atoms with Crippen molar-refractivity contribution in [3.05, 3.63) is 88.0 Å². The first-order valence-electron chi connectivity index (χ1n) is 10.00. The Morgan fingerprint density at radius 3 is 2.31 bits per heavy atom. The van der Waals surface area contributed by atoms with Gasteiger partial charge in [0.25, 0.3) is 5.56 Å². The SMILES string of the molecule is Cc1nc2cc(=O)[nH]n2c(C)c1CC(=O)Nc1cccc(NC(=O)Nc2ccccc2)c1. The number of hydrogen-bond acceptors (Lipinski definition) is 4. The van der Waals surface area contributed by atoms with Gasteiger partial charge in [0, 0.05) is 40.1 Å². The number of nitrogens with one attached hydrogen (secondary N) is 4. The second kappa shape index (κ2) is 8.76. The third-order valence-corrected chi connectivity index (χ3v) is 4.98. The topological polar surface area (TPSA) is 120 Å². The van der Waals surface area contributed by atoms with E-state index in [2.05, 4.69) is 26.0 Å². The average Bonchev–Trinajstić information content (AvgIpc) is 3.12. The standard InChI is InChI=1S/C23H22N6O3/c1-14-19(15(2)29-20(24-14)13-22(31)28-29)12-21(30)25-17-9-6-10-18(11-17)27-23(32)26-16-7-4-3-5-8-16/h3-11,13H,12H2,1-2H3,(H,25,30)(H,28,31)(H2,26,27,32). The van der Waals surface area contributed by atoms with E-state index in [1.165, 1.54) is 6.07 Å². The largest absolute Gasteiger partial charge is 0.326 e. The molecule has 0 bridgehead atoms. The monoisotopic (exact) mass is 430 g/mol. The number of urea groups is 1. The Morgan fingerprint density at radius 2 is 1.56 bits per heavy atom. The highest BCUT2D eigenvalue weighted by molar-refractivity contribution is 6.00. The zero-order valence-electron chi connectivity index (χ0n) is 17.6. The van der Waals surface area contributed by atoms with Crippen LogP contribution in [0.2, 0.25) is 0 Å². The molecule has 0 spiro atoms. The summed E-state index contributed by atoms with van der Waals surface area (Å²) in [5.41, 5.74) is 4.20. The van der Waals surface area contributed by atoms with Gasteiger partial charge >= 0.3 is 6.03 Å². The normalized spacial score (nSPS) is 10.7. The van der Waals surface area contributed by atoms with E-state index >= 15 is 0 Å². The molecular weight excluding hydrogens is 408 g/mol. The predicted molar refractivity (Wildman–Crippen MR) is 123 cm³/mol. The number of anilines is 3. The fraction of sp³-hybridized carbons (Fsp3) is 0.130. The average molecular weight is 430 g/mol.